The number of nitrogens with zero attached hydrogens (tertiary/aromatic N) is 1. The van der Waals surface area contributed by atoms with Crippen molar-refractivity contribution in [3.63, 3.8) is 0 Å². The first-order valence-corrected chi connectivity index (χ1v) is 7.89. The van der Waals surface area contributed by atoms with Crippen molar-refractivity contribution in [3.05, 3.63) is 0 Å². The Kier molecular flexibility index (Phi) is 5.26. The van der Waals surface area contributed by atoms with Crippen molar-refractivity contribution in [2.24, 2.45) is 11.8 Å². The van der Waals surface area contributed by atoms with Crippen LogP contribution in [0.15, 0.2) is 0 Å². The predicted octanol–water partition coefficient (Wildman–Crippen LogP) is 1.73. The molecular weight excluding hydrogens is 254 g/mol. The predicted molar refractivity (Wildman–Crippen MR) is 78.3 cm³/mol. The molecule has 0 aromatic rings. The summed E-state index contributed by atoms with van der Waals surface area (Å²) < 4.78 is 0. The minimum Gasteiger partial charge on any atom is -0.356 e. The molecule has 0 atom stereocenters. The van der Waals surface area contributed by atoms with Crippen molar-refractivity contribution in [2.75, 3.05) is 19.6 Å². The van der Waals surface area contributed by atoms with Crippen LogP contribution in [0.4, 0.5) is 4.79 Å². The molecule has 1 saturated heterocycles. The van der Waals surface area contributed by atoms with Gasteiger partial charge in [-0.2, -0.15) is 0 Å². The highest BCUT2D eigenvalue weighted by atomic mass is 16.2. The zero-order chi connectivity index (χ0) is 14.5. The lowest BCUT2D eigenvalue weighted by Gasteiger charge is -2.31. The molecule has 2 fully saturated rings. The molecule has 0 radical (unpaired) electrons. The van der Waals surface area contributed by atoms with Gasteiger partial charge >= 0.3 is 6.03 Å². The summed E-state index contributed by atoms with van der Waals surface area (Å²) in [6, 6.07) is 0.450. The van der Waals surface area contributed by atoms with E-state index >= 15 is 0 Å². The summed E-state index contributed by atoms with van der Waals surface area (Å²) in [7, 11) is 0. The third-order valence-electron chi connectivity index (χ3n) is 4.08. The Hall–Kier alpha value is -1.26. The standard InChI is InChI=1S/C15H27N3O2/c1-11(2)5-8-16-14(19)12-6-9-18(10-7-12)15(20)17-13-3-4-13/h11-13H,3-10H2,1-2H3,(H,16,19)(H,17,20). The third kappa shape index (κ3) is 4.69. The molecule has 5 heteroatoms. The summed E-state index contributed by atoms with van der Waals surface area (Å²) in [5.41, 5.74) is 0. The van der Waals surface area contributed by atoms with E-state index in [0.717, 1.165) is 38.6 Å². The van der Waals surface area contributed by atoms with Crippen molar-refractivity contribution in [3.8, 4) is 0 Å². The lowest BCUT2D eigenvalue weighted by Crippen LogP contribution is -2.47. The summed E-state index contributed by atoms with van der Waals surface area (Å²) in [6.45, 7) is 6.47. The topological polar surface area (TPSA) is 61.4 Å². The number of amides is 3. The van der Waals surface area contributed by atoms with Crippen LogP contribution in [0.5, 0.6) is 0 Å². The Morgan fingerprint density at radius 2 is 1.80 bits per heavy atom. The number of hydrogen-bond acceptors (Lipinski definition) is 2. The zero-order valence-electron chi connectivity index (χ0n) is 12.7. The van der Waals surface area contributed by atoms with Crippen LogP contribution in [0.25, 0.3) is 0 Å². The van der Waals surface area contributed by atoms with Crippen LogP contribution in [0.1, 0.15) is 46.0 Å². The third-order valence-corrected chi connectivity index (χ3v) is 4.08. The summed E-state index contributed by atoms with van der Waals surface area (Å²) >= 11 is 0. The van der Waals surface area contributed by atoms with Gasteiger partial charge in [-0.05, 0) is 38.0 Å². The average molecular weight is 281 g/mol. The van der Waals surface area contributed by atoms with E-state index in [2.05, 4.69) is 24.5 Å². The second kappa shape index (κ2) is 6.95. The maximum atomic E-state index is 12.0. The molecule has 0 aromatic heterocycles. The van der Waals surface area contributed by atoms with Gasteiger partial charge in [-0.15, -0.1) is 0 Å². The SMILES string of the molecule is CC(C)CCNC(=O)C1CCN(C(=O)NC2CC2)CC1. The van der Waals surface area contributed by atoms with Gasteiger partial charge in [-0.25, -0.2) is 4.79 Å². The van der Waals surface area contributed by atoms with Gasteiger partial charge in [0.05, 0.1) is 0 Å². The molecule has 2 N–H and O–H groups in total. The van der Waals surface area contributed by atoms with E-state index in [-0.39, 0.29) is 17.9 Å². The van der Waals surface area contributed by atoms with E-state index in [4.69, 9.17) is 0 Å². The summed E-state index contributed by atoms with van der Waals surface area (Å²) in [5.74, 6) is 0.850. The number of urea groups is 1. The summed E-state index contributed by atoms with van der Waals surface area (Å²) in [5, 5.41) is 6.01. The molecule has 114 valence electrons. The number of piperidine rings is 1. The Morgan fingerprint density at radius 1 is 1.15 bits per heavy atom. The minimum atomic E-state index is 0.0474. The molecule has 1 aliphatic heterocycles. The van der Waals surface area contributed by atoms with Gasteiger partial charge in [-0.1, -0.05) is 13.8 Å². The fourth-order valence-corrected chi connectivity index (χ4v) is 2.47. The van der Waals surface area contributed by atoms with Gasteiger partial charge < -0.3 is 15.5 Å². The van der Waals surface area contributed by atoms with Gasteiger partial charge in [-0.3, -0.25) is 4.79 Å². The first-order valence-electron chi connectivity index (χ1n) is 7.89. The maximum Gasteiger partial charge on any atom is 0.317 e. The molecule has 0 aromatic carbocycles. The van der Waals surface area contributed by atoms with Gasteiger partial charge in [0.25, 0.3) is 0 Å². The minimum absolute atomic E-state index is 0.0474. The zero-order valence-corrected chi connectivity index (χ0v) is 12.7. The smallest absolute Gasteiger partial charge is 0.317 e. The van der Waals surface area contributed by atoms with Crippen molar-refractivity contribution in [2.45, 2.75) is 52.0 Å². The van der Waals surface area contributed by atoms with E-state index in [9.17, 15) is 9.59 Å². The van der Waals surface area contributed by atoms with Gasteiger partial charge in [0.15, 0.2) is 0 Å². The number of rotatable bonds is 5. The van der Waals surface area contributed by atoms with Crippen LogP contribution in [0, 0.1) is 11.8 Å². The quantitative estimate of drug-likeness (QED) is 0.806. The molecule has 1 heterocycles. The van der Waals surface area contributed by atoms with E-state index in [1.54, 1.807) is 0 Å². The van der Waals surface area contributed by atoms with Crippen molar-refractivity contribution < 1.29 is 9.59 Å². The monoisotopic (exact) mass is 281 g/mol. The molecule has 3 amide bonds. The van der Waals surface area contributed by atoms with Crippen LogP contribution in [-0.4, -0.2) is 42.5 Å². The second-order valence-corrected chi connectivity index (χ2v) is 6.46. The highest BCUT2D eigenvalue weighted by molar-refractivity contribution is 5.79. The average Bonchev–Trinajstić information content (AvgIpc) is 3.22. The first-order chi connectivity index (χ1) is 9.56. The van der Waals surface area contributed by atoms with E-state index in [1.165, 1.54) is 0 Å². The van der Waals surface area contributed by atoms with Crippen molar-refractivity contribution in [1.82, 2.24) is 15.5 Å². The Labute approximate surface area is 121 Å². The molecule has 0 unspecified atom stereocenters. The number of carbonyl (C=O) groups excluding carboxylic acids is 2. The summed E-state index contributed by atoms with van der Waals surface area (Å²) in [6.07, 6.45) is 4.81. The lowest BCUT2D eigenvalue weighted by molar-refractivity contribution is -0.126. The number of likely N-dealkylation sites (tertiary alicyclic amines) is 1. The fraction of sp³-hybridized carbons (Fsp3) is 0.867. The van der Waals surface area contributed by atoms with Crippen LogP contribution in [0.2, 0.25) is 0 Å². The van der Waals surface area contributed by atoms with Gasteiger partial charge in [0.1, 0.15) is 0 Å². The maximum absolute atomic E-state index is 12.0. The van der Waals surface area contributed by atoms with Crippen molar-refractivity contribution in [1.29, 1.82) is 0 Å². The molecule has 5 nitrogen and oxygen atoms in total. The highest BCUT2D eigenvalue weighted by Crippen LogP contribution is 2.21. The van der Waals surface area contributed by atoms with Crippen molar-refractivity contribution >= 4 is 11.9 Å². The normalized spacial score (nSPS) is 20.1. The number of nitrogens with one attached hydrogen (secondary N) is 2. The Morgan fingerprint density at radius 3 is 2.35 bits per heavy atom. The first kappa shape index (κ1) is 15.1. The van der Waals surface area contributed by atoms with Crippen LogP contribution < -0.4 is 10.6 Å². The number of carbonyl (C=O) groups is 2. The molecule has 2 aliphatic rings. The molecule has 1 aliphatic carbocycles. The molecule has 0 bridgehead atoms. The van der Waals surface area contributed by atoms with Crippen LogP contribution >= 0.6 is 0 Å². The molecule has 0 spiro atoms. The summed E-state index contributed by atoms with van der Waals surface area (Å²) in [4.78, 5) is 25.7. The Balaban J connectivity index is 1.65. The van der Waals surface area contributed by atoms with E-state index in [0.29, 0.717) is 25.0 Å². The second-order valence-electron chi connectivity index (χ2n) is 6.46. The molecule has 20 heavy (non-hydrogen) atoms. The number of hydrogen-bond donors (Lipinski definition) is 2. The molecule has 1 saturated carbocycles. The molecule has 2 rings (SSSR count). The van der Waals surface area contributed by atoms with E-state index in [1.807, 2.05) is 4.90 Å². The van der Waals surface area contributed by atoms with Crippen LogP contribution in [-0.2, 0) is 4.79 Å². The fourth-order valence-electron chi connectivity index (χ4n) is 2.47. The van der Waals surface area contributed by atoms with Crippen LogP contribution in [0.3, 0.4) is 0 Å². The Bertz CT molecular complexity index is 345. The molecular formula is C15H27N3O2. The highest BCUT2D eigenvalue weighted by Gasteiger charge is 2.30. The van der Waals surface area contributed by atoms with E-state index < -0.39 is 0 Å². The van der Waals surface area contributed by atoms with Gasteiger partial charge in [0.2, 0.25) is 5.91 Å². The van der Waals surface area contributed by atoms with Gasteiger partial charge in [0, 0.05) is 31.6 Å². The largest absolute Gasteiger partial charge is 0.356 e. The lowest BCUT2D eigenvalue weighted by atomic mass is 9.96.